The van der Waals surface area contributed by atoms with E-state index in [0.717, 1.165) is 23.1 Å². The summed E-state index contributed by atoms with van der Waals surface area (Å²) in [6.45, 7) is 1.10. The molecule has 1 amide bonds. The van der Waals surface area contributed by atoms with Crippen LogP contribution in [0.5, 0.6) is 11.5 Å². The second kappa shape index (κ2) is 9.34. The highest BCUT2D eigenvalue weighted by Gasteiger charge is 2.18. The Balaban J connectivity index is 1.35. The van der Waals surface area contributed by atoms with Gasteiger partial charge in [0.25, 0.3) is 0 Å². The van der Waals surface area contributed by atoms with Gasteiger partial charge in [0.05, 0.1) is 30.3 Å². The summed E-state index contributed by atoms with van der Waals surface area (Å²) in [5.41, 5.74) is 3.04. The fourth-order valence-electron chi connectivity index (χ4n) is 3.66. The van der Waals surface area contributed by atoms with Crippen LogP contribution < -0.4 is 14.8 Å². The quantitative estimate of drug-likeness (QED) is 0.430. The maximum Gasteiger partial charge on any atom is 0.228 e. The third-order valence-electron chi connectivity index (χ3n) is 5.20. The van der Waals surface area contributed by atoms with Gasteiger partial charge in [0, 0.05) is 17.5 Å². The van der Waals surface area contributed by atoms with Crippen LogP contribution in [0.4, 0.5) is 5.69 Å². The fourth-order valence-corrected chi connectivity index (χ4v) is 3.95. The number of halogens is 1. The van der Waals surface area contributed by atoms with E-state index in [0.29, 0.717) is 47.1 Å². The summed E-state index contributed by atoms with van der Waals surface area (Å²) in [7, 11) is 0. The molecule has 0 atom stereocenters. The van der Waals surface area contributed by atoms with Gasteiger partial charge in [-0.3, -0.25) is 9.89 Å². The third-order valence-corrected chi connectivity index (χ3v) is 5.48. The van der Waals surface area contributed by atoms with E-state index in [-0.39, 0.29) is 12.3 Å². The number of nitrogens with one attached hydrogen (secondary N) is 2. The largest absolute Gasteiger partial charge is 0.489 e. The van der Waals surface area contributed by atoms with Crippen LogP contribution >= 0.6 is 11.6 Å². The molecule has 7 nitrogen and oxygen atoms in total. The summed E-state index contributed by atoms with van der Waals surface area (Å²) in [6, 6.07) is 20.7. The van der Waals surface area contributed by atoms with Crippen molar-refractivity contribution >= 4 is 23.2 Å². The molecular weight excluding hydrogens is 440 g/mol. The second-order valence-electron chi connectivity index (χ2n) is 7.60. The number of carbonyl (C=O) groups is 1. The van der Waals surface area contributed by atoms with Crippen molar-refractivity contribution in [1.82, 2.24) is 15.2 Å². The predicted octanol–water partition coefficient (Wildman–Crippen LogP) is 5.13. The second-order valence-corrected chi connectivity index (χ2v) is 8.01. The zero-order valence-electron chi connectivity index (χ0n) is 17.7. The molecule has 1 aromatic heterocycles. The number of fused-ring (bicyclic) bond motifs is 1. The number of H-pyrrole nitrogens is 1. The van der Waals surface area contributed by atoms with Gasteiger partial charge in [-0.05, 0) is 29.8 Å². The Kier molecular flexibility index (Phi) is 5.95. The van der Waals surface area contributed by atoms with E-state index in [2.05, 4.69) is 20.5 Å². The van der Waals surface area contributed by atoms with Gasteiger partial charge in [0.1, 0.15) is 0 Å². The van der Waals surface area contributed by atoms with Crippen molar-refractivity contribution in [1.29, 1.82) is 0 Å². The molecule has 0 unspecified atom stereocenters. The Morgan fingerprint density at radius 3 is 2.70 bits per heavy atom. The number of rotatable bonds is 5. The van der Waals surface area contributed by atoms with Crippen molar-refractivity contribution in [3.8, 4) is 34.3 Å². The molecule has 5 rings (SSSR count). The van der Waals surface area contributed by atoms with Gasteiger partial charge in [-0.15, -0.1) is 0 Å². The predicted molar refractivity (Wildman–Crippen MR) is 127 cm³/mol. The number of aromatic nitrogens is 3. The van der Waals surface area contributed by atoms with E-state index in [9.17, 15) is 4.79 Å². The van der Waals surface area contributed by atoms with E-state index in [4.69, 9.17) is 21.1 Å². The van der Waals surface area contributed by atoms with Crippen molar-refractivity contribution in [2.75, 3.05) is 18.5 Å². The van der Waals surface area contributed by atoms with E-state index in [1.54, 1.807) is 12.1 Å². The number of ether oxygens (including phenoxy) is 2. The molecule has 2 N–H and O–H groups in total. The monoisotopic (exact) mass is 460 g/mol. The van der Waals surface area contributed by atoms with E-state index < -0.39 is 0 Å². The van der Waals surface area contributed by atoms with Gasteiger partial charge in [0.15, 0.2) is 23.1 Å². The number of amides is 1. The molecule has 1 aliphatic rings. The summed E-state index contributed by atoms with van der Waals surface area (Å²) >= 11 is 6.37. The van der Waals surface area contributed by atoms with Crippen LogP contribution in [-0.2, 0) is 11.2 Å². The number of hydrogen-bond acceptors (Lipinski definition) is 5. The maximum atomic E-state index is 12.9. The van der Waals surface area contributed by atoms with Gasteiger partial charge in [-0.2, -0.15) is 5.10 Å². The first kappa shape index (κ1) is 21.0. The lowest BCUT2D eigenvalue weighted by molar-refractivity contribution is -0.115. The number of benzene rings is 3. The molecule has 1 aliphatic heterocycles. The topological polar surface area (TPSA) is 89.1 Å². The van der Waals surface area contributed by atoms with Gasteiger partial charge < -0.3 is 14.8 Å². The molecule has 0 saturated carbocycles. The van der Waals surface area contributed by atoms with Crippen molar-refractivity contribution in [3.63, 3.8) is 0 Å². The van der Waals surface area contributed by atoms with Crippen molar-refractivity contribution < 1.29 is 14.3 Å². The van der Waals surface area contributed by atoms with E-state index >= 15 is 0 Å². The zero-order chi connectivity index (χ0) is 22.6. The van der Waals surface area contributed by atoms with E-state index in [1.807, 2.05) is 54.6 Å². The van der Waals surface area contributed by atoms with Crippen LogP contribution in [0.1, 0.15) is 12.0 Å². The number of hydrogen-bond donors (Lipinski definition) is 2. The van der Waals surface area contributed by atoms with Gasteiger partial charge in [-0.25, -0.2) is 4.98 Å². The lowest BCUT2D eigenvalue weighted by atomic mass is 10.1. The Morgan fingerprint density at radius 1 is 1.03 bits per heavy atom. The van der Waals surface area contributed by atoms with Crippen molar-refractivity contribution in [2.24, 2.45) is 0 Å². The first-order valence-corrected chi connectivity index (χ1v) is 11.0. The summed E-state index contributed by atoms with van der Waals surface area (Å²) < 4.78 is 11.4. The minimum absolute atomic E-state index is 0.135. The molecule has 0 fully saturated rings. The van der Waals surface area contributed by atoms with Crippen LogP contribution in [-0.4, -0.2) is 34.3 Å². The summed E-state index contributed by atoms with van der Waals surface area (Å²) in [6.07, 6.45) is 0.918. The lowest BCUT2D eigenvalue weighted by Gasteiger charge is -2.12. The standard InChI is InChI=1S/C25H21ClN4O3/c26-19-13-16(14-21-23(19)33-12-6-11-32-21)15-22(31)27-20-10-5-4-9-18(20)25-28-24(29-30-25)17-7-2-1-3-8-17/h1-5,7-10,13-14H,6,11-12,15H2,(H,27,31)(H,28,29,30). The molecule has 2 heterocycles. The Labute approximate surface area is 195 Å². The minimum atomic E-state index is -0.184. The zero-order valence-corrected chi connectivity index (χ0v) is 18.4. The Hall–Kier alpha value is -3.84. The third kappa shape index (κ3) is 4.68. The Bertz CT molecular complexity index is 1290. The molecule has 0 radical (unpaired) electrons. The van der Waals surface area contributed by atoms with Crippen LogP contribution in [0, 0.1) is 0 Å². The van der Waals surface area contributed by atoms with Gasteiger partial charge >= 0.3 is 0 Å². The molecule has 0 saturated heterocycles. The molecular formula is C25H21ClN4O3. The van der Waals surface area contributed by atoms with E-state index in [1.165, 1.54) is 0 Å². The number of carbonyl (C=O) groups excluding carboxylic acids is 1. The molecule has 3 aromatic carbocycles. The molecule has 8 heteroatoms. The van der Waals surface area contributed by atoms with Crippen molar-refractivity contribution in [2.45, 2.75) is 12.8 Å². The number of aromatic amines is 1. The molecule has 0 aliphatic carbocycles. The lowest BCUT2D eigenvalue weighted by Crippen LogP contribution is -2.15. The van der Waals surface area contributed by atoms with Crippen LogP contribution in [0.15, 0.2) is 66.7 Å². The van der Waals surface area contributed by atoms with Gasteiger partial charge in [0.2, 0.25) is 5.91 Å². The normalized spacial score (nSPS) is 12.8. The summed E-state index contributed by atoms with van der Waals surface area (Å²) in [5, 5.41) is 10.7. The minimum Gasteiger partial charge on any atom is -0.489 e. The highest BCUT2D eigenvalue weighted by molar-refractivity contribution is 6.32. The van der Waals surface area contributed by atoms with Crippen molar-refractivity contribution in [3.05, 3.63) is 77.3 Å². The highest BCUT2D eigenvalue weighted by atomic mass is 35.5. The van der Waals surface area contributed by atoms with Crippen LogP contribution in [0.3, 0.4) is 0 Å². The maximum absolute atomic E-state index is 12.9. The van der Waals surface area contributed by atoms with Crippen LogP contribution in [0.25, 0.3) is 22.8 Å². The molecule has 0 bridgehead atoms. The van der Waals surface area contributed by atoms with Gasteiger partial charge in [-0.1, -0.05) is 54.1 Å². The molecule has 0 spiro atoms. The fraction of sp³-hybridized carbons (Fsp3) is 0.160. The number of para-hydroxylation sites is 1. The average Bonchev–Trinajstić information content (AvgIpc) is 3.19. The first-order valence-electron chi connectivity index (χ1n) is 10.6. The summed E-state index contributed by atoms with van der Waals surface area (Å²) in [4.78, 5) is 17.5. The average molecular weight is 461 g/mol. The summed E-state index contributed by atoms with van der Waals surface area (Å²) in [5.74, 6) is 2.08. The molecule has 166 valence electrons. The van der Waals surface area contributed by atoms with Crippen LogP contribution in [0.2, 0.25) is 5.02 Å². The first-order chi connectivity index (χ1) is 16.2. The highest BCUT2D eigenvalue weighted by Crippen LogP contribution is 2.38. The Morgan fingerprint density at radius 2 is 1.82 bits per heavy atom. The molecule has 33 heavy (non-hydrogen) atoms. The number of anilines is 1. The SMILES string of the molecule is O=C(Cc1cc(Cl)c2c(c1)OCCCO2)Nc1ccccc1-c1nc(-c2ccccc2)n[nH]1. The smallest absolute Gasteiger partial charge is 0.228 e. The molecule has 4 aromatic rings. The number of nitrogens with zero attached hydrogens (tertiary/aromatic N) is 2.